The second-order valence-electron chi connectivity index (χ2n) is 8.35. The Balaban J connectivity index is 0.00000684. The molecule has 0 aliphatic carbocycles. The smallest absolute Gasteiger partial charge is 0.778 e. The van der Waals surface area contributed by atoms with Gasteiger partial charge in [-0.05, 0) is 0 Å². The van der Waals surface area contributed by atoms with Gasteiger partial charge in [-0.3, -0.25) is 14.4 Å². The topological polar surface area (TPSA) is 226 Å². The van der Waals surface area contributed by atoms with Crippen molar-refractivity contribution in [2.24, 2.45) is 0 Å². The summed E-state index contributed by atoms with van der Waals surface area (Å²) in [7, 11) is -9.59. The maximum atomic E-state index is 11.8. The van der Waals surface area contributed by atoms with E-state index in [1.54, 1.807) is 0 Å². The zero-order valence-corrected chi connectivity index (χ0v) is 22.5. The first-order chi connectivity index (χ1) is 16.8. The van der Waals surface area contributed by atoms with Gasteiger partial charge in [-0.25, -0.2) is 0 Å². The number of aliphatic hydroxyl groups excluding tert-OH is 3. The summed E-state index contributed by atoms with van der Waals surface area (Å²) in [6, 6.07) is 7.78. The second-order valence-corrected chi connectivity index (χ2v) is 11.5. The van der Waals surface area contributed by atoms with E-state index in [0.717, 1.165) is 4.90 Å². The Kier molecular flexibility index (Phi) is 13.4. The van der Waals surface area contributed by atoms with Gasteiger partial charge in [0.2, 0.25) is 0 Å². The quantitative estimate of drug-likeness (QED) is 0.0995. The molecule has 0 aromatic heterocycles. The van der Waals surface area contributed by atoms with Crippen LogP contribution in [0, 0.1) is 0 Å². The molecule has 0 radical (unpaired) electrons. The number of hydrogen-bond acceptors (Lipinski definition) is 10. The molecular formula is C21H31FeN2O11P2+. The molecule has 37 heavy (non-hydrogen) atoms. The van der Waals surface area contributed by atoms with E-state index < -0.39 is 53.6 Å². The fourth-order valence-corrected chi connectivity index (χ4v) is 5.33. The minimum absolute atomic E-state index is 0. The van der Waals surface area contributed by atoms with E-state index in [0.29, 0.717) is 0 Å². The van der Waals surface area contributed by atoms with Crippen LogP contribution in [0.4, 0.5) is 0 Å². The van der Waals surface area contributed by atoms with E-state index >= 15 is 0 Å². The van der Waals surface area contributed by atoms with Gasteiger partial charge in [0.05, 0.1) is 26.1 Å². The van der Waals surface area contributed by atoms with Crippen LogP contribution >= 0.6 is 15.2 Å². The van der Waals surface area contributed by atoms with Crippen LogP contribution < -0.4 is 4.89 Å². The Morgan fingerprint density at radius 3 is 1.65 bits per heavy atom. The number of benzene rings is 2. The third-order valence-electron chi connectivity index (χ3n) is 5.46. The van der Waals surface area contributed by atoms with Gasteiger partial charge in [0.15, 0.2) is 0 Å². The van der Waals surface area contributed by atoms with Crippen LogP contribution in [-0.2, 0) is 52.5 Å². The summed E-state index contributed by atoms with van der Waals surface area (Å²) in [5.41, 5.74) is 0.770. The van der Waals surface area contributed by atoms with Crippen molar-refractivity contribution >= 4 is 15.2 Å². The molecule has 0 aliphatic heterocycles. The number of nitrogens with zero attached hydrogens (tertiary/aromatic N) is 2. The fraction of sp³-hybridized carbons (Fsp3) is 0.429. The molecule has 0 saturated carbocycles. The number of rotatable bonds is 14. The second kappa shape index (κ2) is 14.7. The first kappa shape index (κ1) is 33.7. The molecule has 0 aliphatic rings. The van der Waals surface area contributed by atoms with Gasteiger partial charge in [-0.2, -0.15) is 0 Å². The normalized spacial score (nSPS) is 14.4. The van der Waals surface area contributed by atoms with Gasteiger partial charge in [-0.1, -0.05) is 36.4 Å². The zero-order valence-electron chi connectivity index (χ0n) is 19.6. The minimum atomic E-state index is -4.94. The molecule has 2 atom stereocenters. The Morgan fingerprint density at radius 2 is 1.24 bits per heavy atom. The average molecular weight is 605 g/mol. The number of hydrogen-bond donors (Lipinski definition) is 8. The minimum Gasteiger partial charge on any atom is -0.778 e. The summed E-state index contributed by atoms with van der Waals surface area (Å²) >= 11 is 0. The molecule has 0 heterocycles. The van der Waals surface area contributed by atoms with E-state index in [1.807, 2.05) is 0 Å². The van der Waals surface area contributed by atoms with Crippen LogP contribution in [0.5, 0.6) is 11.5 Å². The Morgan fingerprint density at radius 1 is 0.784 bits per heavy atom. The van der Waals surface area contributed by atoms with Crippen molar-refractivity contribution in [2.75, 3.05) is 25.7 Å². The molecule has 0 saturated heterocycles. The van der Waals surface area contributed by atoms with Gasteiger partial charge in [-0.15, -0.1) is 0 Å². The van der Waals surface area contributed by atoms with Crippen molar-refractivity contribution < 1.29 is 71.3 Å². The summed E-state index contributed by atoms with van der Waals surface area (Å²) < 4.78 is 23.5. The van der Waals surface area contributed by atoms with Gasteiger partial charge >= 0.3 is 24.7 Å². The molecule has 208 valence electrons. The van der Waals surface area contributed by atoms with Crippen molar-refractivity contribution in [1.82, 2.24) is 9.80 Å². The van der Waals surface area contributed by atoms with Crippen LogP contribution in [0.1, 0.15) is 22.3 Å². The van der Waals surface area contributed by atoms with Crippen LogP contribution in [0.15, 0.2) is 36.4 Å². The third kappa shape index (κ3) is 10.7. The van der Waals surface area contributed by atoms with Crippen molar-refractivity contribution in [3.63, 3.8) is 0 Å². The molecule has 2 unspecified atom stereocenters. The Labute approximate surface area is 224 Å². The van der Waals surface area contributed by atoms with Crippen molar-refractivity contribution in [3.05, 3.63) is 58.7 Å². The molecule has 0 fully saturated rings. The number of aromatic hydroxyl groups is 2. The van der Waals surface area contributed by atoms with Crippen molar-refractivity contribution in [3.8, 4) is 11.5 Å². The molecule has 2 aromatic rings. The van der Waals surface area contributed by atoms with E-state index in [2.05, 4.69) is 0 Å². The largest absolute Gasteiger partial charge is 2.00 e. The fourth-order valence-electron chi connectivity index (χ4n) is 3.80. The molecule has 0 spiro atoms. The number of para-hydroxylation sites is 2. The van der Waals surface area contributed by atoms with E-state index in [4.69, 9.17) is 0 Å². The maximum absolute atomic E-state index is 11.8. The van der Waals surface area contributed by atoms with Crippen LogP contribution in [0.3, 0.4) is 0 Å². The van der Waals surface area contributed by atoms with Gasteiger partial charge < -0.3 is 49.7 Å². The predicted molar refractivity (Wildman–Crippen MR) is 126 cm³/mol. The molecule has 2 rings (SSSR count). The first-order valence-corrected chi connectivity index (χ1v) is 14.3. The Bertz CT molecular complexity index is 1110. The van der Waals surface area contributed by atoms with Crippen LogP contribution in [0.25, 0.3) is 0 Å². The maximum Gasteiger partial charge on any atom is 2.00 e. The van der Waals surface area contributed by atoms with Crippen LogP contribution in [0.2, 0.25) is 0 Å². The first-order valence-electron chi connectivity index (χ1n) is 10.7. The molecule has 0 bridgehead atoms. The summed E-state index contributed by atoms with van der Waals surface area (Å²) in [6.07, 6.45) is -1.75. The van der Waals surface area contributed by atoms with Crippen molar-refractivity contribution in [1.29, 1.82) is 0 Å². The van der Waals surface area contributed by atoms with Gasteiger partial charge in [0.1, 0.15) is 25.4 Å². The SMILES string of the molecule is O=P([O-])(O)CN(Cc1cccc(CO)c1O)C(CO)CN(Cc1cccc(CO)c1O)CP(=O)(O)O.[Fe+2]. The number of phenols is 2. The summed E-state index contributed by atoms with van der Waals surface area (Å²) in [6.45, 7) is -2.50. The van der Waals surface area contributed by atoms with Crippen LogP contribution in [-0.4, -0.2) is 81.8 Å². The molecule has 8 N–H and O–H groups in total. The monoisotopic (exact) mass is 605 g/mol. The number of aliphatic hydroxyl groups is 3. The van der Waals surface area contributed by atoms with E-state index in [9.17, 15) is 54.2 Å². The molecule has 2 aromatic carbocycles. The summed E-state index contributed by atoms with van der Waals surface area (Å²) in [4.78, 5) is 42.7. The predicted octanol–water partition coefficient (Wildman–Crippen LogP) is -0.617. The van der Waals surface area contributed by atoms with E-state index in [-0.39, 0.29) is 70.5 Å². The Hall–Kier alpha value is -1.34. The van der Waals surface area contributed by atoms with Gasteiger partial charge in [0.25, 0.3) is 0 Å². The van der Waals surface area contributed by atoms with Gasteiger partial charge in [0, 0.05) is 47.9 Å². The molecule has 0 amide bonds. The molecular weight excluding hydrogens is 574 g/mol. The zero-order chi connectivity index (χ0) is 27.1. The average Bonchev–Trinajstić information content (AvgIpc) is 2.77. The molecule has 16 heteroatoms. The standard InChI is InChI=1S/C21H32N2O11P2.Fe/c24-10-17-5-1-3-15(20(17)27)7-22(13-35(29,30)31)9-19(12-26)23(14-36(32,33)34)8-16-4-2-6-18(11-25)21(16)28;/h1-6,19,24-28H,7-14H2,(H2,29,30,31)(H2,32,33,34);/q;+2/p-1. The van der Waals surface area contributed by atoms with Crippen molar-refractivity contribution in [2.45, 2.75) is 32.3 Å². The summed E-state index contributed by atoms with van der Waals surface area (Å²) in [5, 5.41) is 49.6. The van der Waals surface area contributed by atoms with E-state index in [1.165, 1.54) is 41.3 Å². The summed E-state index contributed by atoms with van der Waals surface area (Å²) in [5.74, 6) is -0.587. The molecule has 13 nitrogen and oxygen atoms in total. The third-order valence-corrected chi connectivity index (χ3v) is 6.94.